The summed E-state index contributed by atoms with van der Waals surface area (Å²) in [6.07, 6.45) is 8.12. The van der Waals surface area contributed by atoms with E-state index in [1.807, 2.05) is 11.3 Å². The molecular weight excluding hydrogens is 190 g/mol. The molecule has 1 aliphatic rings. The molecule has 0 spiro atoms. The monoisotopic (exact) mass is 207 g/mol. The van der Waals surface area contributed by atoms with Crippen LogP contribution in [-0.2, 0) is 0 Å². The predicted octanol–water partition coefficient (Wildman–Crippen LogP) is 3.51. The maximum Gasteiger partial charge on any atom is 0.0414 e. The van der Waals surface area contributed by atoms with Crippen LogP contribution in [0.4, 0.5) is 0 Å². The molecule has 1 unspecified atom stereocenters. The first-order chi connectivity index (χ1) is 6.90. The predicted molar refractivity (Wildman–Crippen MR) is 62.6 cm³/mol. The molecule has 1 nitrogen and oxygen atoms in total. The van der Waals surface area contributed by atoms with Gasteiger partial charge in [0.15, 0.2) is 0 Å². The van der Waals surface area contributed by atoms with Crippen LogP contribution < -0.4 is 5.32 Å². The molecule has 76 valence electrons. The van der Waals surface area contributed by atoms with Gasteiger partial charge in [0.05, 0.1) is 0 Å². The van der Waals surface area contributed by atoms with Crippen LogP contribution >= 0.6 is 11.3 Å². The van der Waals surface area contributed by atoms with Crippen molar-refractivity contribution in [3.8, 4) is 0 Å². The van der Waals surface area contributed by atoms with Crippen molar-refractivity contribution in [1.82, 2.24) is 5.32 Å². The zero-order valence-electron chi connectivity index (χ0n) is 8.57. The molecule has 1 aromatic rings. The normalized spacial score (nSPS) is 18.9. The maximum absolute atomic E-state index is 3.72. The van der Waals surface area contributed by atoms with Gasteiger partial charge in [-0.1, -0.05) is 25.1 Å². The Morgan fingerprint density at radius 2 is 2.29 bits per heavy atom. The van der Waals surface area contributed by atoms with Crippen LogP contribution in [0.3, 0.4) is 0 Å². The van der Waals surface area contributed by atoms with Gasteiger partial charge in [0, 0.05) is 17.0 Å². The lowest BCUT2D eigenvalue weighted by atomic mass is 10.1. The number of hydrogen-bond donors (Lipinski definition) is 1. The molecule has 0 bridgehead atoms. The minimum Gasteiger partial charge on any atom is -0.306 e. The van der Waals surface area contributed by atoms with Gasteiger partial charge in [-0.15, -0.1) is 11.3 Å². The minimum absolute atomic E-state index is 0.555. The lowest BCUT2D eigenvalue weighted by Gasteiger charge is -2.20. The molecule has 0 aromatic carbocycles. The number of hydrogen-bond acceptors (Lipinski definition) is 2. The topological polar surface area (TPSA) is 12.0 Å². The van der Waals surface area contributed by atoms with Crippen LogP contribution in [0.25, 0.3) is 0 Å². The number of nitrogens with one attached hydrogen (secondary N) is 1. The molecular formula is C12H17NS. The fourth-order valence-corrected chi connectivity index (χ4v) is 2.80. The summed E-state index contributed by atoms with van der Waals surface area (Å²) in [6.45, 7) is 2.25. The fraction of sp³-hybridized carbons (Fsp3) is 0.500. The van der Waals surface area contributed by atoms with E-state index in [-0.39, 0.29) is 0 Å². The van der Waals surface area contributed by atoms with E-state index in [9.17, 15) is 0 Å². The van der Waals surface area contributed by atoms with Gasteiger partial charge in [-0.25, -0.2) is 0 Å². The van der Waals surface area contributed by atoms with Crippen molar-refractivity contribution in [2.45, 2.75) is 38.3 Å². The van der Waals surface area contributed by atoms with Crippen LogP contribution in [-0.4, -0.2) is 6.04 Å². The SMILES string of the molecule is CCC(NC1CC=CC1)c1cccs1. The summed E-state index contributed by atoms with van der Waals surface area (Å²) in [4.78, 5) is 1.47. The summed E-state index contributed by atoms with van der Waals surface area (Å²) in [5.74, 6) is 0. The Hall–Kier alpha value is -0.600. The van der Waals surface area contributed by atoms with Gasteiger partial charge in [0.1, 0.15) is 0 Å². The van der Waals surface area contributed by atoms with E-state index in [2.05, 4.69) is 41.9 Å². The zero-order valence-corrected chi connectivity index (χ0v) is 9.39. The van der Waals surface area contributed by atoms with Crippen molar-refractivity contribution < 1.29 is 0 Å². The Bertz CT molecular complexity index is 281. The van der Waals surface area contributed by atoms with Crippen molar-refractivity contribution in [2.75, 3.05) is 0 Å². The van der Waals surface area contributed by atoms with Crippen molar-refractivity contribution >= 4 is 11.3 Å². The van der Waals surface area contributed by atoms with Crippen LogP contribution in [0.15, 0.2) is 29.7 Å². The van der Waals surface area contributed by atoms with Gasteiger partial charge in [-0.05, 0) is 30.7 Å². The molecule has 1 heterocycles. The van der Waals surface area contributed by atoms with Crippen LogP contribution in [0.2, 0.25) is 0 Å². The molecule has 1 N–H and O–H groups in total. The molecule has 0 radical (unpaired) electrons. The third-order valence-electron chi connectivity index (χ3n) is 2.74. The smallest absolute Gasteiger partial charge is 0.0414 e. The highest BCUT2D eigenvalue weighted by Gasteiger charge is 2.16. The van der Waals surface area contributed by atoms with E-state index >= 15 is 0 Å². The average molecular weight is 207 g/mol. The minimum atomic E-state index is 0.555. The lowest BCUT2D eigenvalue weighted by Crippen LogP contribution is -2.30. The van der Waals surface area contributed by atoms with Crippen molar-refractivity contribution in [3.05, 3.63) is 34.5 Å². The second kappa shape index (κ2) is 4.76. The van der Waals surface area contributed by atoms with Crippen LogP contribution in [0.5, 0.6) is 0 Å². The molecule has 0 saturated carbocycles. The van der Waals surface area contributed by atoms with Crippen molar-refractivity contribution in [2.24, 2.45) is 0 Å². The van der Waals surface area contributed by atoms with Crippen molar-refractivity contribution in [1.29, 1.82) is 0 Å². The first kappa shape index (κ1) is 9.94. The van der Waals surface area contributed by atoms with Gasteiger partial charge in [0.2, 0.25) is 0 Å². The number of rotatable bonds is 4. The first-order valence-electron chi connectivity index (χ1n) is 5.34. The molecule has 0 saturated heterocycles. The Balaban J connectivity index is 1.93. The molecule has 1 aliphatic carbocycles. The fourth-order valence-electron chi connectivity index (χ4n) is 1.93. The highest BCUT2D eigenvalue weighted by atomic mass is 32.1. The molecule has 0 aliphatic heterocycles. The van der Waals surface area contributed by atoms with Crippen molar-refractivity contribution in [3.63, 3.8) is 0 Å². The average Bonchev–Trinajstić information content (AvgIpc) is 2.86. The highest BCUT2D eigenvalue weighted by Crippen LogP contribution is 2.24. The highest BCUT2D eigenvalue weighted by molar-refractivity contribution is 7.10. The molecule has 14 heavy (non-hydrogen) atoms. The van der Waals surface area contributed by atoms with E-state index < -0.39 is 0 Å². The standard InChI is InChI=1S/C12H17NS/c1-2-11(12-8-5-9-14-12)13-10-6-3-4-7-10/h3-5,8-11,13H,2,6-7H2,1H3. The summed E-state index contributed by atoms with van der Waals surface area (Å²) in [7, 11) is 0. The Morgan fingerprint density at radius 3 is 2.86 bits per heavy atom. The van der Waals surface area contributed by atoms with Crippen LogP contribution in [0, 0.1) is 0 Å². The first-order valence-corrected chi connectivity index (χ1v) is 6.22. The Morgan fingerprint density at radius 1 is 1.50 bits per heavy atom. The Labute approximate surface area is 89.8 Å². The van der Waals surface area contributed by atoms with Gasteiger partial charge >= 0.3 is 0 Å². The molecule has 2 heteroatoms. The lowest BCUT2D eigenvalue weighted by molar-refractivity contribution is 0.443. The zero-order chi connectivity index (χ0) is 9.80. The number of thiophene rings is 1. The maximum atomic E-state index is 3.72. The largest absolute Gasteiger partial charge is 0.306 e. The molecule has 0 amide bonds. The van der Waals surface area contributed by atoms with E-state index in [1.165, 1.54) is 24.1 Å². The third kappa shape index (κ3) is 2.25. The summed E-state index contributed by atoms with van der Waals surface area (Å²) in [5, 5.41) is 5.88. The molecule has 1 aromatic heterocycles. The van der Waals surface area contributed by atoms with Gasteiger partial charge < -0.3 is 5.32 Å². The summed E-state index contributed by atoms with van der Waals surface area (Å²) >= 11 is 1.86. The van der Waals surface area contributed by atoms with Gasteiger partial charge in [-0.2, -0.15) is 0 Å². The Kier molecular flexibility index (Phi) is 3.38. The molecule has 2 rings (SSSR count). The second-order valence-electron chi connectivity index (χ2n) is 3.78. The van der Waals surface area contributed by atoms with Crippen LogP contribution in [0.1, 0.15) is 37.1 Å². The molecule has 1 atom stereocenters. The van der Waals surface area contributed by atoms with Gasteiger partial charge in [-0.3, -0.25) is 0 Å². The molecule has 0 fully saturated rings. The summed E-state index contributed by atoms with van der Waals surface area (Å²) < 4.78 is 0. The van der Waals surface area contributed by atoms with E-state index in [1.54, 1.807) is 0 Å². The van der Waals surface area contributed by atoms with Gasteiger partial charge in [0.25, 0.3) is 0 Å². The van der Waals surface area contributed by atoms with E-state index in [4.69, 9.17) is 0 Å². The second-order valence-corrected chi connectivity index (χ2v) is 4.76. The summed E-state index contributed by atoms with van der Waals surface area (Å²) in [5.41, 5.74) is 0. The van der Waals surface area contributed by atoms with E-state index in [0.717, 1.165) is 0 Å². The van der Waals surface area contributed by atoms with E-state index in [0.29, 0.717) is 12.1 Å². The quantitative estimate of drug-likeness (QED) is 0.745. The summed E-state index contributed by atoms with van der Waals surface area (Å²) in [6, 6.07) is 5.59. The third-order valence-corrected chi connectivity index (χ3v) is 3.73.